The maximum atomic E-state index is 12.0. The van der Waals surface area contributed by atoms with Crippen LogP contribution in [0, 0.1) is 0 Å². The van der Waals surface area contributed by atoms with Gasteiger partial charge in [0.25, 0.3) is 5.91 Å². The minimum absolute atomic E-state index is 0.0855. The lowest BCUT2D eigenvalue weighted by Gasteiger charge is -2.06. The summed E-state index contributed by atoms with van der Waals surface area (Å²) in [4.78, 5) is 23.7. The number of aromatic hydroxyl groups is 1. The van der Waals surface area contributed by atoms with E-state index in [0.29, 0.717) is 25.8 Å². The van der Waals surface area contributed by atoms with Crippen LogP contribution in [-0.2, 0) is 4.79 Å². The van der Waals surface area contributed by atoms with Crippen molar-refractivity contribution in [3.05, 3.63) is 56.5 Å². The molecular weight excluding hydrogens is 482 g/mol. The molecule has 2 aromatic rings. The van der Waals surface area contributed by atoms with Crippen molar-refractivity contribution < 1.29 is 19.4 Å². The van der Waals surface area contributed by atoms with Gasteiger partial charge in [0.1, 0.15) is 11.5 Å². The maximum absolute atomic E-state index is 12.0. The molecule has 0 atom stereocenters. The van der Waals surface area contributed by atoms with Crippen LogP contribution < -0.4 is 15.5 Å². The van der Waals surface area contributed by atoms with Gasteiger partial charge in [-0.2, -0.15) is 5.10 Å². The number of carbonyl (C=O) groups excluding carboxylic acids is 2. The van der Waals surface area contributed by atoms with Gasteiger partial charge in [0, 0.05) is 18.5 Å². The molecule has 0 spiro atoms. The quantitative estimate of drug-likeness (QED) is 0.403. The molecule has 142 valence electrons. The highest BCUT2D eigenvalue weighted by atomic mass is 79.9. The van der Waals surface area contributed by atoms with Crippen molar-refractivity contribution in [1.82, 2.24) is 10.7 Å². The largest absolute Gasteiger partial charge is 0.506 e. The molecule has 0 aromatic heterocycles. The summed E-state index contributed by atoms with van der Waals surface area (Å²) in [5.74, 6) is 0.145. The predicted octanol–water partition coefficient (Wildman–Crippen LogP) is 3.20. The highest BCUT2D eigenvalue weighted by Gasteiger charge is 2.07. The van der Waals surface area contributed by atoms with Crippen molar-refractivity contribution in [2.45, 2.75) is 6.42 Å². The van der Waals surface area contributed by atoms with Gasteiger partial charge in [-0.1, -0.05) is 0 Å². The van der Waals surface area contributed by atoms with Crippen LogP contribution in [0.3, 0.4) is 0 Å². The van der Waals surface area contributed by atoms with Crippen LogP contribution in [0.5, 0.6) is 11.5 Å². The lowest BCUT2D eigenvalue weighted by molar-refractivity contribution is -0.120. The molecule has 0 unspecified atom stereocenters. The topological polar surface area (TPSA) is 100 Å². The van der Waals surface area contributed by atoms with Crippen molar-refractivity contribution >= 4 is 49.9 Å². The molecule has 0 bridgehead atoms. The number of amides is 2. The third-order valence-electron chi connectivity index (χ3n) is 3.43. The summed E-state index contributed by atoms with van der Waals surface area (Å²) in [6.45, 7) is 0.183. The third-order valence-corrected chi connectivity index (χ3v) is 4.64. The van der Waals surface area contributed by atoms with Gasteiger partial charge in [-0.25, -0.2) is 5.43 Å². The molecule has 27 heavy (non-hydrogen) atoms. The van der Waals surface area contributed by atoms with E-state index >= 15 is 0 Å². The van der Waals surface area contributed by atoms with Gasteiger partial charge < -0.3 is 15.2 Å². The van der Waals surface area contributed by atoms with E-state index in [4.69, 9.17) is 4.74 Å². The number of ether oxygens (including phenoxy) is 1. The first-order valence-electron chi connectivity index (χ1n) is 7.83. The van der Waals surface area contributed by atoms with Crippen LogP contribution in [0.4, 0.5) is 0 Å². The second-order valence-corrected chi connectivity index (χ2v) is 7.07. The number of nitrogens with zero attached hydrogens (tertiary/aromatic N) is 1. The van der Waals surface area contributed by atoms with Crippen molar-refractivity contribution in [2.75, 3.05) is 13.7 Å². The Bertz CT molecular complexity index is 831. The Morgan fingerprint density at radius 2 is 1.81 bits per heavy atom. The average Bonchev–Trinajstić information content (AvgIpc) is 2.66. The van der Waals surface area contributed by atoms with Gasteiger partial charge in [0.2, 0.25) is 5.91 Å². The van der Waals surface area contributed by atoms with Crippen molar-refractivity contribution in [2.24, 2.45) is 5.10 Å². The Morgan fingerprint density at radius 1 is 1.19 bits per heavy atom. The van der Waals surface area contributed by atoms with E-state index in [-0.39, 0.29) is 30.5 Å². The Morgan fingerprint density at radius 3 is 2.41 bits per heavy atom. The molecular formula is C18H17Br2N3O4. The van der Waals surface area contributed by atoms with Crippen LogP contribution in [0.2, 0.25) is 0 Å². The molecule has 0 aliphatic carbocycles. The number of phenolic OH excluding ortho intramolecular Hbond substituents is 1. The van der Waals surface area contributed by atoms with Crippen molar-refractivity contribution in [3.63, 3.8) is 0 Å². The summed E-state index contributed by atoms with van der Waals surface area (Å²) in [7, 11) is 1.55. The molecule has 0 saturated heterocycles. The summed E-state index contributed by atoms with van der Waals surface area (Å²) in [6, 6.07) is 9.99. The number of nitrogens with one attached hydrogen (secondary N) is 2. The molecule has 2 rings (SSSR count). The molecule has 2 amide bonds. The van der Waals surface area contributed by atoms with E-state index in [9.17, 15) is 14.7 Å². The fourth-order valence-electron chi connectivity index (χ4n) is 2.03. The number of methoxy groups -OCH3 is 1. The molecule has 0 aliphatic rings. The van der Waals surface area contributed by atoms with Gasteiger partial charge >= 0.3 is 0 Å². The number of rotatable bonds is 7. The van der Waals surface area contributed by atoms with Gasteiger partial charge in [-0.3, -0.25) is 9.59 Å². The first-order chi connectivity index (χ1) is 12.9. The van der Waals surface area contributed by atoms with E-state index in [1.807, 2.05) is 0 Å². The van der Waals surface area contributed by atoms with Crippen LogP contribution >= 0.6 is 31.9 Å². The van der Waals surface area contributed by atoms with E-state index in [1.165, 1.54) is 6.21 Å². The molecule has 3 N–H and O–H groups in total. The van der Waals surface area contributed by atoms with Crippen LogP contribution in [-0.4, -0.2) is 36.8 Å². The van der Waals surface area contributed by atoms with Gasteiger partial charge in [-0.05, 0) is 73.8 Å². The number of carbonyl (C=O) groups is 2. The van der Waals surface area contributed by atoms with E-state index < -0.39 is 0 Å². The fraction of sp³-hybridized carbons (Fsp3) is 0.167. The van der Waals surface area contributed by atoms with Crippen LogP contribution in [0.25, 0.3) is 0 Å². The van der Waals surface area contributed by atoms with Crippen LogP contribution in [0.15, 0.2) is 50.4 Å². The molecule has 0 fully saturated rings. The van der Waals surface area contributed by atoms with Crippen molar-refractivity contribution in [1.29, 1.82) is 0 Å². The first kappa shape index (κ1) is 20.9. The summed E-state index contributed by atoms with van der Waals surface area (Å²) < 4.78 is 6.05. The van der Waals surface area contributed by atoms with E-state index in [0.717, 1.165) is 0 Å². The molecule has 0 aliphatic heterocycles. The molecule has 0 heterocycles. The number of halogens is 2. The number of phenols is 1. The zero-order chi connectivity index (χ0) is 19.8. The Kier molecular flexibility index (Phi) is 7.81. The molecule has 7 nitrogen and oxygen atoms in total. The molecule has 0 radical (unpaired) electrons. The monoisotopic (exact) mass is 497 g/mol. The third kappa shape index (κ3) is 6.37. The zero-order valence-electron chi connectivity index (χ0n) is 14.3. The highest BCUT2D eigenvalue weighted by Crippen LogP contribution is 2.32. The molecule has 0 saturated carbocycles. The lowest BCUT2D eigenvalue weighted by Crippen LogP contribution is -2.29. The minimum Gasteiger partial charge on any atom is -0.506 e. The Balaban J connectivity index is 1.76. The molecule has 9 heteroatoms. The Labute approximate surface area is 173 Å². The van der Waals surface area contributed by atoms with Gasteiger partial charge in [0.15, 0.2) is 0 Å². The van der Waals surface area contributed by atoms with Crippen molar-refractivity contribution in [3.8, 4) is 11.5 Å². The summed E-state index contributed by atoms with van der Waals surface area (Å²) in [6.07, 6.45) is 1.53. The summed E-state index contributed by atoms with van der Waals surface area (Å²) in [5.41, 5.74) is 3.55. The average molecular weight is 499 g/mol. The van der Waals surface area contributed by atoms with E-state index in [1.54, 1.807) is 43.5 Å². The lowest BCUT2D eigenvalue weighted by atomic mass is 10.2. The van der Waals surface area contributed by atoms with Gasteiger partial charge in [0.05, 0.1) is 22.3 Å². The number of hydrogen-bond donors (Lipinski definition) is 3. The maximum Gasteiger partial charge on any atom is 0.251 e. The Hall–Kier alpha value is -2.39. The number of hydrazone groups is 1. The smallest absolute Gasteiger partial charge is 0.251 e. The highest BCUT2D eigenvalue weighted by molar-refractivity contribution is 9.11. The van der Waals surface area contributed by atoms with Gasteiger partial charge in [-0.15, -0.1) is 0 Å². The second kappa shape index (κ2) is 10.1. The summed E-state index contributed by atoms with van der Waals surface area (Å²) >= 11 is 6.43. The zero-order valence-corrected chi connectivity index (χ0v) is 17.5. The predicted molar refractivity (Wildman–Crippen MR) is 109 cm³/mol. The second-order valence-electron chi connectivity index (χ2n) is 5.36. The number of benzene rings is 2. The normalized spacial score (nSPS) is 10.6. The summed E-state index contributed by atoms with van der Waals surface area (Å²) in [5, 5.41) is 16.2. The van der Waals surface area contributed by atoms with Crippen LogP contribution in [0.1, 0.15) is 22.3 Å². The SMILES string of the molecule is COc1ccc(C(=O)NCCC(=O)NN=Cc2cc(Br)c(O)c(Br)c2)cc1. The molecule has 2 aromatic carbocycles. The fourth-order valence-corrected chi connectivity index (χ4v) is 3.25. The standard InChI is InChI=1S/C18H17Br2N3O4/c1-27-13-4-2-12(3-5-13)18(26)21-7-6-16(24)23-22-10-11-8-14(19)17(25)15(20)9-11/h2-5,8-10,25H,6-7H2,1H3,(H,21,26)(H,23,24). The first-order valence-corrected chi connectivity index (χ1v) is 9.41. The van der Waals surface area contributed by atoms with E-state index in [2.05, 4.69) is 47.7 Å². The number of hydrogen-bond acceptors (Lipinski definition) is 5. The minimum atomic E-state index is -0.335.